The molecule has 0 aliphatic heterocycles. The molecule has 0 atom stereocenters. The number of carbonyl (C=O) groups is 1. The minimum absolute atomic E-state index is 0.0765. The van der Waals surface area contributed by atoms with E-state index < -0.39 is 0 Å². The lowest BCUT2D eigenvalue weighted by Crippen LogP contribution is -2.22. The minimum Gasteiger partial charge on any atom is -0.496 e. The number of carbonyl (C=O) groups excluding carboxylic acids is 1. The number of benzene rings is 2. The van der Waals surface area contributed by atoms with Crippen molar-refractivity contribution in [1.82, 2.24) is 10.3 Å². The topological polar surface area (TPSA) is 54.1 Å². The highest BCUT2D eigenvalue weighted by Crippen LogP contribution is 2.25. The smallest absolute Gasteiger partial charge is 0.244 e. The van der Waals surface area contributed by atoms with E-state index in [1.54, 1.807) is 13.2 Å². The monoisotopic (exact) mass is 348 g/mol. The molecule has 4 nitrogen and oxygen atoms in total. The highest BCUT2D eigenvalue weighted by atomic mass is 16.5. The van der Waals surface area contributed by atoms with Crippen LogP contribution in [-0.4, -0.2) is 24.5 Å². The van der Waals surface area contributed by atoms with Gasteiger partial charge in [0.2, 0.25) is 5.91 Å². The number of para-hydroxylation sites is 2. The molecule has 0 aliphatic rings. The first kappa shape index (κ1) is 17.8. The summed E-state index contributed by atoms with van der Waals surface area (Å²) < 4.78 is 5.35. The predicted octanol–water partition coefficient (Wildman–Crippen LogP) is 4.33. The molecule has 0 bridgehead atoms. The molecule has 0 fully saturated rings. The van der Waals surface area contributed by atoms with Crippen LogP contribution in [0.1, 0.15) is 24.5 Å². The lowest BCUT2D eigenvalue weighted by atomic mass is 10.1. The maximum absolute atomic E-state index is 12.2. The van der Waals surface area contributed by atoms with E-state index in [2.05, 4.69) is 28.6 Å². The van der Waals surface area contributed by atoms with Crippen LogP contribution in [0, 0.1) is 0 Å². The Morgan fingerprint density at radius 3 is 2.77 bits per heavy atom. The predicted molar refractivity (Wildman–Crippen MR) is 106 cm³/mol. The number of nitrogens with one attached hydrogen (secondary N) is 2. The van der Waals surface area contributed by atoms with Crippen molar-refractivity contribution in [2.75, 3.05) is 13.7 Å². The Morgan fingerprint density at radius 1 is 1.15 bits per heavy atom. The Bertz CT molecular complexity index is 925. The summed E-state index contributed by atoms with van der Waals surface area (Å²) in [6.45, 7) is 2.57. The van der Waals surface area contributed by atoms with Crippen LogP contribution in [0.3, 0.4) is 0 Å². The zero-order chi connectivity index (χ0) is 18.4. The molecule has 1 amide bonds. The molecule has 3 rings (SSSR count). The fourth-order valence-corrected chi connectivity index (χ4v) is 3.12. The Balaban J connectivity index is 1.52. The van der Waals surface area contributed by atoms with E-state index in [0.29, 0.717) is 6.54 Å². The number of aryl methyl sites for hydroxylation is 1. The highest BCUT2D eigenvalue weighted by Gasteiger charge is 2.06. The highest BCUT2D eigenvalue weighted by molar-refractivity contribution is 5.95. The zero-order valence-electron chi connectivity index (χ0n) is 15.2. The summed E-state index contributed by atoms with van der Waals surface area (Å²) in [5.41, 5.74) is 4.26. The lowest BCUT2D eigenvalue weighted by Gasteiger charge is -2.08. The number of allylic oxidation sites excluding steroid dienone is 1. The third kappa shape index (κ3) is 4.14. The second kappa shape index (κ2) is 8.39. The first-order valence-electron chi connectivity index (χ1n) is 8.83. The number of H-pyrrole nitrogens is 1. The van der Waals surface area contributed by atoms with Crippen LogP contribution in [0.25, 0.3) is 16.5 Å². The number of aromatic nitrogens is 1. The van der Waals surface area contributed by atoms with Crippen molar-refractivity contribution >= 4 is 22.4 Å². The molecule has 0 radical (unpaired) electrons. The van der Waals surface area contributed by atoms with Crippen LogP contribution in [0.4, 0.5) is 0 Å². The van der Waals surface area contributed by atoms with Gasteiger partial charge in [-0.15, -0.1) is 0 Å². The van der Waals surface area contributed by atoms with Gasteiger partial charge in [0.15, 0.2) is 0 Å². The first-order chi connectivity index (χ1) is 12.7. The molecule has 0 aliphatic carbocycles. The van der Waals surface area contributed by atoms with Gasteiger partial charge in [-0.2, -0.15) is 0 Å². The molecule has 134 valence electrons. The van der Waals surface area contributed by atoms with Crippen molar-refractivity contribution in [3.8, 4) is 5.75 Å². The van der Waals surface area contributed by atoms with Crippen molar-refractivity contribution in [3.05, 3.63) is 71.9 Å². The van der Waals surface area contributed by atoms with Gasteiger partial charge in [-0.1, -0.05) is 36.4 Å². The second-order valence-electron chi connectivity index (χ2n) is 6.28. The van der Waals surface area contributed by atoms with Gasteiger partial charge < -0.3 is 15.0 Å². The molecule has 3 aromatic rings. The van der Waals surface area contributed by atoms with Crippen molar-refractivity contribution < 1.29 is 9.53 Å². The van der Waals surface area contributed by atoms with Crippen LogP contribution in [0.15, 0.2) is 60.8 Å². The van der Waals surface area contributed by atoms with Crippen LogP contribution in [-0.2, 0) is 11.2 Å². The molecule has 0 saturated carbocycles. The van der Waals surface area contributed by atoms with Gasteiger partial charge in [0.25, 0.3) is 0 Å². The van der Waals surface area contributed by atoms with Crippen molar-refractivity contribution in [3.63, 3.8) is 0 Å². The Kier molecular flexibility index (Phi) is 5.74. The van der Waals surface area contributed by atoms with E-state index in [0.717, 1.165) is 35.2 Å². The number of amides is 1. The summed E-state index contributed by atoms with van der Waals surface area (Å²) in [5.74, 6) is 0.695. The van der Waals surface area contributed by atoms with E-state index in [4.69, 9.17) is 4.74 Å². The molecule has 1 aromatic heterocycles. The maximum Gasteiger partial charge on any atom is 0.244 e. The molecule has 4 heteroatoms. The summed E-state index contributed by atoms with van der Waals surface area (Å²) in [7, 11) is 1.64. The van der Waals surface area contributed by atoms with E-state index in [1.165, 1.54) is 10.9 Å². The van der Waals surface area contributed by atoms with Gasteiger partial charge in [0, 0.05) is 35.3 Å². The number of rotatable bonds is 7. The number of hydrogen-bond acceptors (Lipinski definition) is 2. The second-order valence-corrected chi connectivity index (χ2v) is 6.28. The summed E-state index contributed by atoms with van der Waals surface area (Å²) in [5, 5.41) is 4.22. The third-order valence-electron chi connectivity index (χ3n) is 4.48. The van der Waals surface area contributed by atoms with Gasteiger partial charge >= 0.3 is 0 Å². The Labute approximate surface area is 153 Å². The first-order valence-corrected chi connectivity index (χ1v) is 8.83. The van der Waals surface area contributed by atoms with Crippen LogP contribution in [0.5, 0.6) is 5.75 Å². The minimum atomic E-state index is -0.0765. The Morgan fingerprint density at radius 2 is 1.92 bits per heavy atom. The lowest BCUT2D eigenvalue weighted by molar-refractivity contribution is -0.116. The summed E-state index contributed by atoms with van der Waals surface area (Å²) in [6, 6.07) is 16.0. The maximum atomic E-state index is 12.2. The van der Waals surface area contributed by atoms with Gasteiger partial charge in [0.1, 0.15) is 5.75 Å². The fourth-order valence-electron chi connectivity index (χ4n) is 3.12. The SMILES string of the molecule is COc1ccccc1/C(C)=C/C(=O)NCCCc1c[nH]c2ccccc12. The molecule has 0 saturated heterocycles. The number of aromatic amines is 1. The molecular weight excluding hydrogens is 324 g/mol. The molecule has 1 heterocycles. The van der Waals surface area contributed by atoms with Gasteiger partial charge in [-0.25, -0.2) is 0 Å². The normalized spacial score (nSPS) is 11.5. The average molecular weight is 348 g/mol. The van der Waals surface area contributed by atoms with Gasteiger partial charge in [0.05, 0.1) is 7.11 Å². The number of hydrogen-bond donors (Lipinski definition) is 2. The summed E-state index contributed by atoms with van der Waals surface area (Å²) in [6.07, 6.45) is 5.51. The molecule has 2 N–H and O–H groups in total. The number of ether oxygens (including phenoxy) is 1. The van der Waals surface area contributed by atoms with Crippen molar-refractivity contribution in [2.45, 2.75) is 19.8 Å². The molecular formula is C22H24N2O2. The zero-order valence-corrected chi connectivity index (χ0v) is 15.2. The molecule has 0 unspecified atom stereocenters. The largest absolute Gasteiger partial charge is 0.496 e. The number of methoxy groups -OCH3 is 1. The molecule has 26 heavy (non-hydrogen) atoms. The van der Waals surface area contributed by atoms with E-state index in [-0.39, 0.29) is 5.91 Å². The quantitative estimate of drug-likeness (QED) is 0.493. The number of fused-ring (bicyclic) bond motifs is 1. The average Bonchev–Trinajstić information content (AvgIpc) is 3.08. The third-order valence-corrected chi connectivity index (χ3v) is 4.48. The molecule has 2 aromatic carbocycles. The molecule has 0 spiro atoms. The summed E-state index contributed by atoms with van der Waals surface area (Å²) in [4.78, 5) is 15.4. The van der Waals surface area contributed by atoms with E-state index >= 15 is 0 Å². The van der Waals surface area contributed by atoms with Crippen LogP contribution in [0.2, 0.25) is 0 Å². The van der Waals surface area contributed by atoms with Crippen molar-refractivity contribution in [1.29, 1.82) is 0 Å². The Hall–Kier alpha value is -3.01. The van der Waals surface area contributed by atoms with Gasteiger partial charge in [-0.3, -0.25) is 4.79 Å². The van der Waals surface area contributed by atoms with Gasteiger partial charge in [-0.05, 0) is 43.0 Å². The van der Waals surface area contributed by atoms with E-state index in [1.807, 2.05) is 43.3 Å². The standard InChI is InChI=1S/C22H24N2O2/c1-16(18-9-4-6-12-21(18)26-2)14-22(25)23-13-7-8-17-15-24-20-11-5-3-10-19(17)20/h3-6,9-12,14-15,24H,7-8,13H2,1-2H3,(H,23,25)/b16-14+. The van der Waals surface area contributed by atoms with Crippen LogP contribution >= 0.6 is 0 Å². The van der Waals surface area contributed by atoms with Crippen molar-refractivity contribution in [2.24, 2.45) is 0 Å². The van der Waals surface area contributed by atoms with Crippen LogP contribution < -0.4 is 10.1 Å². The fraction of sp³-hybridized carbons (Fsp3) is 0.227. The van der Waals surface area contributed by atoms with E-state index in [9.17, 15) is 4.79 Å². The summed E-state index contributed by atoms with van der Waals surface area (Å²) >= 11 is 0.